The zero-order valence-corrected chi connectivity index (χ0v) is 16.6. The normalized spacial score (nSPS) is 19.4. The number of halogens is 2. The Balaban J connectivity index is 1.55. The van der Waals surface area contributed by atoms with Gasteiger partial charge in [-0.25, -0.2) is 8.78 Å². The Labute approximate surface area is 174 Å². The molecule has 2 unspecified atom stereocenters. The summed E-state index contributed by atoms with van der Waals surface area (Å²) in [6.45, 7) is 2.07. The number of anilines is 1. The van der Waals surface area contributed by atoms with E-state index in [1.807, 2.05) is 12.1 Å². The first kappa shape index (κ1) is 20.1. The molecule has 0 saturated carbocycles. The van der Waals surface area contributed by atoms with Crippen molar-refractivity contribution in [1.82, 2.24) is 0 Å². The molecule has 154 valence electrons. The van der Waals surface area contributed by atoms with Crippen molar-refractivity contribution in [3.63, 3.8) is 0 Å². The third-order valence-corrected chi connectivity index (χ3v) is 5.90. The zero-order valence-electron chi connectivity index (χ0n) is 16.6. The van der Waals surface area contributed by atoms with E-state index in [9.17, 15) is 18.7 Å². The van der Waals surface area contributed by atoms with Gasteiger partial charge < -0.3 is 10.0 Å². The highest BCUT2D eigenvalue weighted by Crippen LogP contribution is 2.46. The van der Waals surface area contributed by atoms with Gasteiger partial charge in [0.1, 0.15) is 17.4 Å². The lowest BCUT2D eigenvalue weighted by Crippen LogP contribution is -2.55. The van der Waals surface area contributed by atoms with E-state index in [1.165, 1.54) is 24.3 Å². The van der Waals surface area contributed by atoms with Gasteiger partial charge in [-0.15, -0.1) is 0 Å². The van der Waals surface area contributed by atoms with E-state index in [4.69, 9.17) is 0 Å². The maximum Gasteiger partial charge on any atom is 0.233 e. The molecule has 0 aromatic heterocycles. The molecule has 0 bridgehead atoms. The Bertz CT molecular complexity index is 1020. The number of benzene rings is 3. The maximum absolute atomic E-state index is 13.4. The Morgan fingerprint density at radius 1 is 0.900 bits per heavy atom. The summed E-state index contributed by atoms with van der Waals surface area (Å²) in [5.74, 6) is -0.452. The summed E-state index contributed by atoms with van der Waals surface area (Å²) < 4.78 is 26.5. The van der Waals surface area contributed by atoms with Crippen molar-refractivity contribution >= 4 is 11.6 Å². The van der Waals surface area contributed by atoms with Crippen molar-refractivity contribution in [3.8, 4) is 5.75 Å². The van der Waals surface area contributed by atoms with Crippen LogP contribution in [0.25, 0.3) is 0 Å². The second-order valence-corrected chi connectivity index (χ2v) is 7.86. The average Bonchev–Trinajstić information content (AvgIpc) is 2.74. The summed E-state index contributed by atoms with van der Waals surface area (Å²) in [5, 5.41) is 9.63. The third kappa shape index (κ3) is 3.92. The van der Waals surface area contributed by atoms with Crippen LogP contribution in [0, 0.1) is 17.6 Å². The highest BCUT2D eigenvalue weighted by molar-refractivity contribution is 6.03. The van der Waals surface area contributed by atoms with E-state index in [0.717, 1.165) is 17.5 Å². The molecule has 3 aromatic rings. The fourth-order valence-corrected chi connectivity index (χ4v) is 4.16. The molecule has 3 nitrogen and oxygen atoms in total. The molecule has 1 aliphatic heterocycles. The molecule has 30 heavy (non-hydrogen) atoms. The van der Waals surface area contributed by atoms with Crippen molar-refractivity contribution in [2.45, 2.75) is 31.7 Å². The smallest absolute Gasteiger partial charge is 0.233 e. The molecule has 1 saturated heterocycles. The van der Waals surface area contributed by atoms with E-state index < -0.39 is 0 Å². The fraction of sp³-hybridized carbons (Fsp3) is 0.240. The van der Waals surface area contributed by atoms with Gasteiger partial charge in [-0.1, -0.05) is 31.2 Å². The van der Waals surface area contributed by atoms with Crippen molar-refractivity contribution in [2.75, 3.05) is 4.90 Å². The Kier molecular flexibility index (Phi) is 5.53. The number of carbonyl (C=O) groups excluding carboxylic acids is 1. The molecule has 0 radical (unpaired) electrons. The van der Waals surface area contributed by atoms with E-state index in [1.54, 1.807) is 41.3 Å². The number of phenols is 1. The summed E-state index contributed by atoms with van der Waals surface area (Å²) in [7, 11) is 0. The third-order valence-electron chi connectivity index (χ3n) is 5.90. The number of hydrogen-bond donors (Lipinski definition) is 1. The Morgan fingerprint density at radius 3 is 2.07 bits per heavy atom. The second kappa shape index (κ2) is 8.27. The van der Waals surface area contributed by atoms with E-state index >= 15 is 0 Å². The van der Waals surface area contributed by atoms with Crippen LogP contribution in [0.4, 0.5) is 14.5 Å². The van der Waals surface area contributed by atoms with Gasteiger partial charge in [0, 0.05) is 5.69 Å². The van der Waals surface area contributed by atoms with Crippen LogP contribution in [0.1, 0.15) is 42.9 Å². The quantitative estimate of drug-likeness (QED) is 0.512. The number of amides is 1. The molecule has 1 fully saturated rings. The summed E-state index contributed by atoms with van der Waals surface area (Å²) in [5.41, 5.74) is 2.62. The lowest BCUT2D eigenvalue weighted by molar-refractivity contribution is -0.130. The van der Waals surface area contributed by atoms with Crippen molar-refractivity contribution < 1.29 is 18.7 Å². The predicted octanol–water partition coefficient (Wildman–Crippen LogP) is 5.96. The van der Waals surface area contributed by atoms with Crippen molar-refractivity contribution in [3.05, 3.63) is 95.6 Å². The zero-order chi connectivity index (χ0) is 21.3. The Morgan fingerprint density at radius 2 is 1.47 bits per heavy atom. The van der Waals surface area contributed by atoms with E-state index in [-0.39, 0.29) is 41.2 Å². The van der Waals surface area contributed by atoms with Crippen LogP contribution in [0.3, 0.4) is 0 Å². The largest absolute Gasteiger partial charge is 0.508 e. The Hall–Kier alpha value is -3.21. The molecule has 1 aliphatic rings. The number of hydrogen-bond acceptors (Lipinski definition) is 2. The maximum atomic E-state index is 13.4. The van der Waals surface area contributed by atoms with Gasteiger partial charge in [-0.05, 0) is 78.4 Å². The lowest BCUT2D eigenvalue weighted by Gasteiger charge is -2.48. The van der Waals surface area contributed by atoms with Gasteiger partial charge in [-0.2, -0.15) is 0 Å². The second-order valence-electron chi connectivity index (χ2n) is 7.86. The standard InChI is InChI=1S/C25H23F2NO2/c1-16(17-3-7-19(26)8-4-17)2-15-23-24(18-5-13-22(29)14-6-18)28(25(23)30)21-11-9-20(27)10-12-21/h3-14,16,23-24,29H,2,15H2,1H3/t16?,23-,24?/m1/s1. The molecule has 0 aliphatic carbocycles. The van der Waals surface area contributed by atoms with Crippen molar-refractivity contribution in [2.24, 2.45) is 5.92 Å². The predicted molar refractivity (Wildman–Crippen MR) is 112 cm³/mol. The lowest BCUT2D eigenvalue weighted by atomic mass is 9.77. The summed E-state index contributed by atoms with van der Waals surface area (Å²) in [6.07, 6.45) is 1.47. The molecule has 0 spiro atoms. The molecule has 1 N–H and O–H groups in total. The average molecular weight is 407 g/mol. The topological polar surface area (TPSA) is 40.5 Å². The van der Waals surface area contributed by atoms with Crippen LogP contribution >= 0.6 is 0 Å². The van der Waals surface area contributed by atoms with Crippen LogP contribution < -0.4 is 4.90 Å². The van der Waals surface area contributed by atoms with Crippen LogP contribution in [-0.4, -0.2) is 11.0 Å². The van der Waals surface area contributed by atoms with Gasteiger partial charge in [-0.3, -0.25) is 4.79 Å². The summed E-state index contributed by atoms with van der Waals surface area (Å²) >= 11 is 0. The molecule has 1 amide bonds. The number of rotatable bonds is 6. The first-order valence-corrected chi connectivity index (χ1v) is 10.1. The first-order valence-electron chi connectivity index (χ1n) is 10.1. The van der Waals surface area contributed by atoms with Gasteiger partial charge >= 0.3 is 0 Å². The highest BCUT2D eigenvalue weighted by Gasteiger charge is 2.48. The number of aromatic hydroxyl groups is 1. The van der Waals surface area contributed by atoms with Gasteiger partial charge in [0.05, 0.1) is 12.0 Å². The summed E-state index contributed by atoms with van der Waals surface area (Å²) in [6, 6.07) is 19.1. The molecular weight excluding hydrogens is 384 g/mol. The van der Waals surface area contributed by atoms with Crippen LogP contribution in [0.15, 0.2) is 72.8 Å². The van der Waals surface area contributed by atoms with Crippen molar-refractivity contribution in [1.29, 1.82) is 0 Å². The number of carbonyl (C=O) groups is 1. The number of phenolic OH excluding ortho intramolecular Hbond substituents is 1. The minimum absolute atomic E-state index is 0.00555. The number of β-lactam (4-membered cyclic amide) rings is 1. The SMILES string of the molecule is CC(CC[C@H]1C(=O)N(c2ccc(F)cc2)C1c1ccc(O)cc1)c1ccc(F)cc1. The van der Waals surface area contributed by atoms with E-state index in [0.29, 0.717) is 12.1 Å². The van der Waals surface area contributed by atoms with Crippen LogP contribution in [0.5, 0.6) is 5.75 Å². The molecule has 3 atom stereocenters. The molecule has 3 aromatic carbocycles. The van der Waals surface area contributed by atoms with Crippen LogP contribution in [-0.2, 0) is 4.79 Å². The molecule has 4 rings (SSSR count). The van der Waals surface area contributed by atoms with Gasteiger partial charge in [0.25, 0.3) is 0 Å². The van der Waals surface area contributed by atoms with Gasteiger partial charge in [0.15, 0.2) is 0 Å². The van der Waals surface area contributed by atoms with E-state index in [2.05, 4.69) is 6.92 Å². The first-order chi connectivity index (χ1) is 14.4. The highest BCUT2D eigenvalue weighted by atomic mass is 19.1. The fourth-order valence-electron chi connectivity index (χ4n) is 4.16. The summed E-state index contributed by atoms with van der Waals surface area (Å²) in [4.78, 5) is 14.7. The van der Waals surface area contributed by atoms with Gasteiger partial charge in [0.2, 0.25) is 5.91 Å². The minimum Gasteiger partial charge on any atom is -0.508 e. The monoisotopic (exact) mass is 407 g/mol. The van der Waals surface area contributed by atoms with Crippen LogP contribution in [0.2, 0.25) is 0 Å². The minimum atomic E-state index is -0.349. The molecule has 5 heteroatoms. The molecule has 1 heterocycles. The number of nitrogens with zero attached hydrogens (tertiary/aromatic N) is 1. The molecular formula is C25H23F2NO2.